The number of nitrogens with zero attached hydrogens (tertiary/aromatic N) is 2. The Bertz CT molecular complexity index is 881. The van der Waals surface area contributed by atoms with Crippen molar-refractivity contribution in [1.29, 1.82) is 0 Å². The first-order valence-corrected chi connectivity index (χ1v) is 10.5. The monoisotopic (exact) mass is 395 g/mol. The number of hydrogen-bond donors (Lipinski definition) is 3. The Kier molecular flexibility index (Phi) is 6.28. The average Bonchev–Trinajstić information content (AvgIpc) is 3.18. The summed E-state index contributed by atoms with van der Waals surface area (Å²) >= 11 is 1.68. The van der Waals surface area contributed by atoms with Gasteiger partial charge in [0.1, 0.15) is 5.01 Å². The van der Waals surface area contributed by atoms with Gasteiger partial charge in [-0.25, -0.2) is 4.98 Å². The predicted octanol–water partition coefficient (Wildman–Crippen LogP) is 2.40. The molecule has 6 nitrogen and oxygen atoms in total. The summed E-state index contributed by atoms with van der Waals surface area (Å²) in [6.07, 6.45) is 0. The van der Waals surface area contributed by atoms with Crippen LogP contribution in [0.4, 0.5) is 5.69 Å². The topological polar surface area (TPSA) is 69.3 Å². The normalized spacial score (nSPS) is 16.3. The Hall–Kier alpha value is -2.32. The molecule has 2 aromatic carbocycles. The minimum Gasteiger partial charge on any atom is -0.325 e. The van der Waals surface area contributed by atoms with Gasteiger partial charge in [0.25, 0.3) is 0 Å². The van der Waals surface area contributed by atoms with E-state index in [1.165, 1.54) is 4.70 Å². The Morgan fingerprint density at radius 1 is 1.00 bits per heavy atom. The summed E-state index contributed by atoms with van der Waals surface area (Å²) < 4.78 is 1.18. The Labute approximate surface area is 169 Å². The number of hydrogen-bond acceptors (Lipinski definition) is 6. The summed E-state index contributed by atoms with van der Waals surface area (Å²) in [5, 5.41) is 10.7. The summed E-state index contributed by atoms with van der Waals surface area (Å²) in [6, 6.07) is 16.1. The summed E-state index contributed by atoms with van der Waals surface area (Å²) in [4.78, 5) is 19.3. The van der Waals surface area contributed by atoms with Crippen LogP contribution >= 0.6 is 11.3 Å². The van der Waals surface area contributed by atoms with E-state index >= 15 is 0 Å². The van der Waals surface area contributed by atoms with Gasteiger partial charge in [0, 0.05) is 50.5 Å². The highest BCUT2D eigenvalue weighted by molar-refractivity contribution is 7.21. The molecule has 4 rings (SSSR count). The first kappa shape index (κ1) is 19.0. The fourth-order valence-electron chi connectivity index (χ4n) is 3.27. The van der Waals surface area contributed by atoms with Crippen LogP contribution in [-0.2, 0) is 4.79 Å². The molecule has 3 aromatic rings. The van der Waals surface area contributed by atoms with Crippen molar-refractivity contribution in [3.63, 3.8) is 0 Å². The third-order valence-corrected chi connectivity index (χ3v) is 5.85. The van der Waals surface area contributed by atoms with Crippen molar-refractivity contribution in [3.05, 3.63) is 48.5 Å². The molecule has 1 aromatic heterocycles. The lowest BCUT2D eigenvalue weighted by molar-refractivity contribution is -0.117. The third kappa shape index (κ3) is 4.94. The Morgan fingerprint density at radius 3 is 2.43 bits per heavy atom. The second-order valence-electron chi connectivity index (χ2n) is 6.89. The van der Waals surface area contributed by atoms with Crippen molar-refractivity contribution in [3.8, 4) is 10.6 Å². The zero-order chi connectivity index (χ0) is 19.2. The number of carbonyl (C=O) groups excluding carboxylic acids is 1. The van der Waals surface area contributed by atoms with Crippen molar-refractivity contribution in [2.75, 3.05) is 51.1 Å². The molecule has 0 unspecified atom stereocenters. The van der Waals surface area contributed by atoms with Gasteiger partial charge < -0.3 is 16.0 Å². The van der Waals surface area contributed by atoms with E-state index < -0.39 is 0 Å². The summed E-state index contributed by atoms with van der Waals surface area (Å²) in [5.41, 5.74) is 2.90. The van der Waals surface area contributed by atoms with Crippen LogP contribution in [0.2, 0.25) is 0 Å². The molecule has 1 fully saturated rings. The van der Waals surface area contributed by atoms with Crippen molar-refractivity contribution in [2.24, 2.45) is 0 Å². The molecule has 0 atom stereocenters. The zero-order valence-corrected chi connectivity index (χ0v) is 16.6. The van der Waals surface area contributed by atoms with Gasteiger partial charge in [0.05, 0.1) is 16.8 Å². The molecule has 1 aliphatic rings. The lowest BCUT2D eigenvalue weighted by Gasteiger charge is -2.20. The standard InChI is InChI=1S/C21H25N5OS/c27-20(15-26-13-11-22-9-10-23-12-14-26)24-17-7-5-16(6-8-17)21-25-18-3-1-2-4-19(18)28-21/h1-8,22-23H,9-15H2,(H,24,27). The fraction of sp³-hybridized carbons (Fsp3) is 0.333. The molecule has 0 bridgehead atoms. The van der Waals surface area contributed by atoms with Gasteiger partial charge in [-0.3, -0.25) is 9.69 Å². The number of benzene rings is 2. The van der Waals surface area contributed by atoms with Crippen LogP contribution in [0.15, 0.2) is 48.5 Å². The van der Waals surface area contributed by atoms with Gasteiger partial charge in [-0.05, 0) is 36.4 Å². The number of fused-ring (bicyclic) bond motifs is 1. The van der Waals surface area contributed by atoms with E-state index in [2.05, 4.69) is 31.9 Å². The van der Waals surface area contributed by atoms with Crippen molar-refractivity contribution in [1.82, 2.24) is 20.5 Å². The van der Waals surface area contributed by atoms with Crippen molar-refractivity contribution >= 4 is 33.1 Å². The molecule has 1 saturated heterocycles. The second kappa shape index (κ2) is 9.25. The number of thiazole rings is 1. The molecule has 2 heterocycles. The Morgan fingerprint density at radius 2 is 1.71 bits per heavy atom. The van der Waals surface area contributed by atoms with Gasteiger partial charge in [0.15, 0.2) is 0 Å². The second-order valence-corrected chi connectivity index (χ2v) is 7.92. The number of amides is 1. The van der Waals surface area contributed by atoms with Crippen molar-refractivity contribution < 1.29 is 4.79 Å². The molecule has 0 spiro atoms. The van der Waals surface area contributed by atoms with Crippen LogP contribution in [0.1, 0.15) is 0 Å². The van der Waals surface area contributed by atoms with E-state index in [1.54, 1.807) is 11.3 Å². The highest BCUT2D eigenvalue weighted by Crippen LogP contribution is 2.30. The number of nitrogens with one attached hydrogen (secondary N) is 3. The minimum atomic E-state index is 0.0204. The van der Waals surface area contributed by atoms with Crippen LogP contribution in [0, 0.1) is 0 Å². The summed E-state index contributed by atoms with van der Waals surface area (Å²) in [6.45, 7) is 5.93. The van der Waals surface area contributed by atoms with Gasteiger partial charge in [0.2, 0.25) is 5.91 Å². The zero-order valence-electron chi connectivity index (χ0n) is 15.8. The molecular weight excluding hydrogens is 370 g/mol. The number of rotatable bonds is 4. The number of carbonyl (C=O) groups is 1. The van der Waals surface area contributed by atoms with E-state index in [4.69, 9.17) is 0 Å². The van der Waals surface area contributed by atoms with E-state index in [1.807, 2.05) is 42.5 Å². The maximum atomic E-state index is 12.4. The third-order valence-electron chi connectivity index (χ3n) is 4.76. The maximum Gasteiger partial charge on any atom is 0.238 e. The van der Waals surface area contributed by atoms with Crippen molar-refractivity contribution in [2.45, 2.75) is 0 Å². The largest absolute Gasteiger partial charge is 0.325 e. The quantitative estimate of drug-likeness (QED) is 0.633. The van der Waals surface area contributed by atoms with E-state index in [0.717, 1.165) is 61.0 Å². The molecule has 146 valence electrons. The molecule has 7 heteroatoms. The van der Waals surface area contributed by atoms with E-state index in [9.17, 15) is 4.79 Å². The summed E-state index contributed by atoms with van der Waals surface area (Å²) in [7, 11) is 0. The van der Waals surface area contributed by atoms with Crippen LogP contribution in [0.25, 0.3) is 20.8 Å². The molecular formula is C21H25N5OS. The number of aromatic nitrogens is 1. The molecule has 1 amide bonds. The van der Waals surface area contributed by atoms with Gasteiger partial charge in [-0.15, -0.1) is 11.3 Å². The van der Waals surface area contributed by atoms with Crippen LogP contribution in [-0.4, -0.2) is 61.6 Å². The highest BCUT2D eigenvalue weighted by Gasteiger charge is 2.12. The van der Waals surface area contributed by atoms with E-state index in [-0.39, 0.29) is 5.91 Å². The lowest BCUT2D eigenvalue weighted by Crippen LogP contribution is -2.39. The van der Waals surface area contributed by atoms with Gasteiger partial charge >= 0.3 is 0 Å². The molecule has 0 radical (unpaired) electrons. The first-order valence-electron chi connectivity index (χ1n) is 9.67. The fourth-order valence-corrected chi connectivity index (χ4v) is 4.24. The lowest BCUT2D eigenvalue weighted by atomic mass is 10.2. The molecule has 1 aliphatic heterocycles. The maximum absolute atomic E-state index is 12.4. The minimum absolute atomic E-state index is 0.0204. The number of anilines is 1. The molecule has 28 heavy (non-hydrogen) atoms. The van der Waals surface area contributed by atoms with Crippen LogP contribution < -0.4 is 16.0 Å². The molecule has 0 saturated carbocycles. The highest BCUT2D eigenvalue weighted by atomic mass is 32.1. The summed E-state index contributed by atoms with van der Waals surface area (Å²) in [5.74, 6) is 0.0204. The average molecular weight is 396 g/mol. The van der Waals surface area contributed by atoms with E-state index in [0.29, 0.717) is 6.54 Å². The van der Waals surface area contributed by atoms with Gasteiger partial charge in [-0.1, -0.05) is 12.1 Å². The number of para-hydroxylation sites is 1. The van der Waals surface area contributed by atoms with Crippen LogP contribution in [0.5, 0.6) is 0 Å². The Balaban J connectivity index is 1.36. The van der Waals surface area contributed by atoms with Gasteiger partial charge in [-0.2, -0.15) is 0 Å². The SMILES string of the molecule is O=C(CN1CCNCCNCC1)Nc1ccc(-c2nc3ccccc3s2)cc1. The molecule has 3 N–H and O–H groups in total. The smallest absolute Gasteiger partial charge is 0.238 e. The first-order chi connectivity index (χ1) is 13.8. The molecule has 0 aliphatic carbocycles. The predicted molar refractivity (Wildman–Crippen MR) is 116 cm³/mol. The van der Waals surface area contributed by atoms with Crippen LogP contribution in [0.3, 0.4) is 0 Å².